The minimum absolute atomic E-state index is 0.401. The lowest BCUT2D eigenvalue weighted by atomic mass is 10.0. The Morgan fingerprint density at radius 1 is 1.47 bits per heavy atom. The van der Waals surface area contributed by atoms with Crippen molar-refractivity contribution in [3.63, 3.8) is 0 Å². The zero-order chi connectivity index (χ0) is 12.3. The first-order valence-electron chi connectivity index (χ1n) is 6.06. The van der Waals surface area contributed by atoms with Gasteiger partial charge in [-0.15, -0.1) is 0 Å². The number of carbonyl (C=O) groups is 1. The standard InChI is InChI=1S/C14H17BrO2/c1-17-14-8-5-10(9-12(14)15)3-2-4-13(16)11-6-7-11/h5,8-9,11H,2-4,6-7H2,1H3. The summed E-state index contributed by atoms with van der Waals surface area (Å²) in [6.07, 6.45) is 4.88. The van der Waals surface area contributed by atoms with E-state index in [1.165, 1.54) is 5.56 Å². The fourth-order valence-electron chi connectivity index (χ4n) is 1.94. The zero-order valence-corrected chi connectivity index (χ0v) is 11.6. The summed E-state index contributed by atoms with van der Waals surface area (Å²) in [5, 5.41) is 0. The number of hydrogen-bond donors (Lipinski definition) is 0. The first kappa shape index (κ1) is 12.6. The third-order valence-corrected chi connectivity index (χ3v) is 3.76. The number of ether oxygens (including phenoxy) is 1. The number of hydrogen-bond acceptors (Lipinski definition) is 2. The van der Waals surface area contributed by atoms with Crippen LogP contribution in [0.4, 0.5) is 0 Å². The molecule has 0 aromatic heterocycles. The monoisotopic (exact) mass is 296 g/mol. The first-order valence-corrected chi connectivity index (χ1v) is 6.85. The van der Waals surface area contributed by atoms with E-state index in [4.69, 9.17) is 4.74 Å². The van der Waals surface area contributed by atoms with Crippen LogP contribution in [0.5, 0.6) is 5.75 Å². The average molecular weight is 297 g/mol. The topological polar surface area (TPSA) is 26.3 Å². The van der Waals surface area contributed by atoms with Crippen LogP contribution in [-0.4, -0.2) is 12.9 Å². The van der Waals surface area contributed by atoms with Crippen molar-refractivity contribution < 1.29 is 9.53 Å². The quantitative estimate of drug-likeness (QED) is 0.799. The van der Waals surface area contributed by atoms with E-state index in [1.54, 1.807) is 7.11 Å². The summed E-state index contributed by atoms with van der Waals surface area (Å²) in [4.78, 5) is 11.5. The summed E-state index contributed by atoms with van der Waals surface area (Å²) < 4.78 is 6.16. The maximum absolute atomic E-state index is 11.5. The number of Topliss-reactive ketones (excluding diaryl/α,β-unsaturated/α-hetero) is 1. The van der Waals surface area contributed by atoms with E-state index in [2.05, 4.69) is 28.1 Å². The maximum atomic E-state index is 11.5. The third-order valence-electron chi connectivity index (χ3n) is 3.14. The third kappa shape index (κ3) is 3.56. The maximum Gasteiger partial charge on any atom is 0.135 e. The highest BCUT2D eigenvalue weighted by Gasteiger charge is 2.28. The number of methoxy groups -OCH3 is 1. The molecule has 0 atom stereocenters. The van der Waals surface area contributed by atoms with Gasteiger partial charge in [-0.3, -0.25) is 4.79 Å². The molecule has 2 nitrogen and oxygen atoms in total. The van der Waals surface area contributed by atoms with Gasteiger partial charge in [-0.1, -0.05) is 6.07 Å². The molecule has 1 aliphatic carbocycles. The largest absolute Gasteiger partial charge is 0.496 e. The van der Waals surface area contributed by atoms with Crippen LogP contribution < -0.4 is 4.74 Å². The second kappa shape index (κ2) is 5.67. The molecule has 0 radical (unpaired) electrons. The number of aryl methyl sites for hydroxylation is 1. The van der Waals surface area contributed by atoms with Crippen molar-refractivity contribution in [2.45, 2.75) is 32.1 Å². The van der Waals surface area contributed by atoms with E-state index < -0.39 is 0 Å². The molecule has 0 unspecified atom stereocenters. The smallest absolute Gasteiger partial charge is 0.135 e. The fraction of sp³-hybridized carbons (Fsp3) is 0.500. The van der Waals surface area contributed by atoms with Gasteiger partial charge in [0.1, 0.15) is 11.5 Å². The van der Waals surface area contributed by atoms with Gasteiger partial charge in [0.25, 0.3) is 0 Å². The van der Waals surface area contributed by atoms with Crippen molar-refractivity contribution in [2.75, 3.05) is 7.11 Å². The van der Waals surface area contributed by atoms with E-state index in [9.17, 15) is 4.79 Å². The molecule has 0 aliphatic heterocycles. The molecule has 2 rings (SSSR count). The van der Waals surface area contributed by atoms with Gasteiger partial charge in [0.05, 0.1) is 11.6 Å². The molecule has 17 heavy (non-hydrogen) atoms. The Labute approximate surface area is 110 Å². The minimum atomic E-state index is 0.401. The Kier molecular flexibility index (Phi) is 4.21. The molecule has 1 aromatic rings. The molecule has 0 heterocycles. The Morgan fingerprint density at radius 3 is 2.82 bits per heavy atom. The number of ketones is 1. The zero-order valence-electron chi connectivity index (χ0n) is 10.0. The van der Waals surface area contributed by atoms with Crippen molar-refractivity contribution in [3.8, 4) is 5.75 Å². The SMILES string of the molecule is COc1ccc(CCCC(=O)C2CC2)cc1Br. The lowest BCUT2D eigenvalue weighted by molar-refractivity contribution is -0.120. The Hall–Kier alpha value is -0.830. The van der Waals surface area contributed by atoms with Crippen LogP contribution in [-0.2, 0) is 11.2 Å². The van der Waals surface area contributed by atoms with Gasteiger partial charge in [0.2, 0.25) is 0 Å². The van der Waals surface area contributed by atoms with Crippen molar-refractivity contribution in [1.29, 1.82) is 0 Å². The highest BCUT2D eigenvalue weighted by molar-refractivity contribution is 9.10. The summed E-state index contributed by atoms with van der Waals surface area (Å²) in [6, 6.07) is 6.09. The van der Waals surface area contributed by atoms with E-state index in [0.29, 0.717) is 11.7 Å². The molecule has 0 spiro atoms. The number of rotatable bonds is 6. The molecule has 1 aliphatic rings. The molecule has 0 N–H and O–H groups in total. The van der Waals surface area contributed by atoms with E-state index in [0.717, 1.165) is 42.3 Å². The minimum Gasteiger partial charge on any atom is -0.496 e. The lowest BCUT2D eigenvalue weighted by Gasteiger charge is -2.06. The molecule has 0 amide bonds. The number of halogens is 1. The van der Waals surface area contributed by atoms with Gasteiger partial charge in [-0.05, 0) is 59.3 Å². The fourth-order valence-corrected chi connectivity index (χ4v) is 2.53. The molecular formula is C14H17BrO2. The summed E-state index contributed by atoms with van der Waals surface area (Å²) >= 11 is 3.47. The number of carbonyl (C=O) groups excluding carboxylic acids is 1. The van der Waals surface area contributed by atoms with Crippen LogP contribution in [0.3, 0.4) is 0 Å². The van der Waals surface area contributed by atoms with Crippen LogP contribution >= 0.6 is 15.9 Å². The first-order chi connectivity index (χ1) is 8.20. The predicted octanol–water partition coefficient (Wildman–Crippen LogP) is 3.76. The molecule has 1 fully saturated rings. The highest BCUT2D eigenvalue weighted by Crippen LogP contribution is 2.31. The van der Waals surface area contributed by atoms with Crippen molar-refractivity contribution >= 4 is 21.7 Å². The van der Waals surface area contributed by atoms with Crippen molar-refractivity contribution in [3.05, 3.63) is 28.2 Å². The van der Waals surface area contributed by atoms with Crippen LogP contribution in [0.1, 0.15) is 31.2 Å². The predicted molar refractivity (Wildman–Crippen MR) is 71.4 cm³/mol. The van der Waals surface area contributed by atoms with Gasteiger partial charge in [0.15, 0.2) is 0 Å². The van der Waals surface area contributed by atoms with Gasteiger partial charge in [-0.25, -0.2) is 0 Å². The number of benzene rings is 1. The normalized spacial score (nSPS) is 14.7. The van der Waals surface area contributed by atoms with Crippen LogP contribution in [0.2, 0.25) is 0 Å². The summed E-state index contributed by atoms with van der Waals surface area (Å²) in [7, 11) is 1.66. The molecular weight excluding hydrogens is 280 g/mol. The lowest BCUT2D eigenvalue weighted by Crippen LogP contribution is -2.00. The van der Waals surface area contributed by atoms with Crippen LogP contribution in [0, 0.1) is 5.92 Å². The molecule has 1 aromatic carbocycles. The highest BCUT2D eigenvalue weighted by atomic mass is 79.9. The average Bonchev–Trinajstić information content (AvgIpc) is 3.13. The van der Waals surface area contributed by atoms with Crippen molar-refractivity contribution in [1.82, 2.24) is 0 Å². The summed E-state index contributed by atoms with van der Waals surface area (Å²) in [5.74, 6) is 1.71. The summed E-state index contributed by atoms with van der Waals surface area (Å²) in [5.41, 5.74) is 1.25. The Balaban J connectivity index is 1.82. The van der Waals surface area contributed by atoms with E-state index >= 15 is 0 Å². The van der Waals surface area contributed by atoms with Gasteiger partial charge < -0.3 is 4.74 Å². The van der Waals surface area contributed by atoms with Crippen LogP contribution in [0.15, 0.2) is 22.7 Å². The molecule has 92 valence electrons. The molecule has 1 saturated carbocycles. The van der Waals surface area contributed by atoms with E-state index in [-0.39, 0.29) is 0 Å². The van der Waals surface area contributed by atoms with Gasteiger partial charge >= 0.3 is 0 Å². The van der Waals surface area contributed by atoms with Crippen LogP contribution in [0.25, 0.3) is 0 Å². The Bertz CT molecular complexity index is 411. The van der Waals surface area contributed by atoms with Crippen molar-refractivity contribution in [2.24, 2.45) is 5.92 Å². The second-order valence-electron chi connectivity index (χ2n) is 4.56. The van der Waals surface area contributed by atoms with Gasteiger partial charge in [-0.2, -0.15) is 0 Å². The molecule has 0 saturated heterocycles. The molecule has 0 bridgehead atoms. The second-order valence-corrected chi connectivity index (χ2v) is 5.42. The molecule has 3 heteroatoms. The van der Waals surface area contributed by atoms with Gasteiger partial charge in [0, 0.05) is 12.3 Å². The van der Waals surface area contributed by atoms with E-state index in [1.807, 2.05) is 6.07 Å². The Morgan fingerprint density at radius 2 is 2.24 bits per heavy atom. The summed E-state index contributed by atoms with van der Waals surface area (Å²) in [6.45, 7) is 0.